The molecular weight excluding hydrogens is 294 g/mol. The molecule has 0 radical (unpaired) electrons. The Labute approximate surface area is 137 Å². The number of urea groups is 1. The Hall–Kier alpha value is -2.08. The molecule has 1 aromatic carbocycles. The van der Waals surface area contributed by atoms with E-state index in [1.54, 1.807) is 17.0 Å². The lowest BCUT2D eigenvalue weighted by atomic mass is 10.1. The van der Waals surface area contributed by atoms with Gasteiger partial charge in [-0.15, -0.1) is 0 Å². The van der Waals surface area contributed by atoms with E-state index in [-0.39, 0.29) is 18.0 Å². The van der Waals surface area contributed by atoms with Crippen molar-refractivity contribution in [1.82, 2.24) is 10.2 Å². The van der Waals surface area contributed by atoms with E-state index in [1.807, 2.05) is 26.8 Å². The maximum Gasteiger partial charge on any atom is 0.319 e. The first-order chi connectivity index (χ1) is 11.0. The summed E-state index contributed by atoms with van der Waals surface area (Å²) in [6, 6.07) is 5.25. The molecule has 126 valence electrons. The molecule has 1 unspecified atom stereocenters. The molecular formula is C17H25N3O3. The second-order valence-corrected chi connectivity index (χ2v) is 5.79. The molecule has 1 aliphatic rings. The summed E-state index contributed by atoms with van der Waals surface area (Å²) >= 11 is 0. The molecule has 2 rings (SSSR count). The summed E-state index contributed by atoms with van der Waals surface area (Å²) in [7, 11) is 0. The van der Waals surface area contributed by atoms with Crippen LogP contribution in [0.2, 0.25) is 0 Å². The minimum atomic E-state index is -0.251. The highest BCUT2D eigenvalue weighted by Gasteiger charge is 2.21. The maximum atomic E-state index is 12.6. The van der Waals surface area contributed by atoms with E-state index < -0.39 is 0 Å². The number of nitrogens with zero attached hydrogens (tertiary/aromatic N) is 1. The topological polar surface area (TPSA) is 70.7 Å². The lowest BCUT2D eigenvalue weighted by molar-refractivity contribution is 0.0302. The number of morpholine rings is 1. The predicted octanol–water partition coefficient (Wildman–Crippen LogP) is 2.39. The van der Waals surface area contributed by atoms with Gasteiger partial charge in [-0.2, -0.15) is 0 Å². The van der Waals surface area contributed by atoms with Crippen LogP contribution in [0.5, 0.6) is 0 Å². The van der Waals surface area contributed by atoms with Crippen LogP contribution < -0.4 is 10.6 Å². The van der Waals surface area contributed by atoms with Crippen LogP contribution in [0, 0.1) is 6.92 Å². The van der Waals surface area contributed by atoms with Gasteiger partial charge in [0, 0.05) is 30.4 Å². The average molecular weight is 319 g/mol. The van der Waals surface area contributed by atoms with Gasteiger partial charge >= 0.3 is 6.03 Å². The summed E-state index contributed by atoms with van der Waals surface area (Å²) in [6.07, 6.45) is 0.863. The number of amides is 3. The molecule has 0 aromatic heterocycles. The molecule has 6 heteroatoms. The van der Waals surface area contributed by atoms with Crippen LogP contribution in [0.25, 0.3) is 0 Å². The standard InChI is InChI=1S/C17H25N3O3/c1-4-12(2)18-17(22)19-15-7-5-6-14(13(15)3)16(21)20-8-10-23-11-9-20/h5-7,12H,4,8-11H2,1-3H3,(H2,18,19,22). The summed E-state index contributed by atoms with van der Waals surface area (Å²) in [6.45, 7) is 8.16. The average Bonchev–Trinajstić information content (AvgIpc) is 2.56. The highest BCUT2D eigenvalue weighted by Crippen LogP contribution is 2.21. The van der Waals surface area contributed by atoms with Crippen LogP contribution in [-0.2, 0) is 4.74 Å². The van der Waals surface area contributed by atoms with Crippen molar-refractivity contribution in [3.05, 3.63) is 29.3 Å². The minimum Gasteiger partial charge on any atom is -0.378 e. The fourth-order valence-electron chi connectivity index (χ4n) is 2.42. The first-order valence-electron chi connectivity index (χ1n) is 8.07. The van der Waals surface area contributed by atoms with Crippen molar-refractivity contribution in [1.29, 1.82) is 0 Å². The zero-order valence-corrected chi connectivity index (χ0v) is 14.0. The molecule has 6 nitrogen and oxygen atoms in total. The second kappa shape index (κ2) is 7.97. The first kappa shape index (κ1) is 17.3. The number of ether oxygens (including phenoxy) is 1. The van der Waals surface area contributed by atoms with Crippen LogP contribution in [0.4, 0.5) is 10.5 Å². The number of rotatable bonds is 4. The van der Waals surface area contributed by atoms with Crippen molar-refractivity contribution >= 4 is 17.6 Å². The largest absolute Gasteiger partial charge is 0.378 e. The quantitative estimate of drug-likeness (QED) is 0.895. The normalized spacial score (nSPS) is 15.9. The molecule has 1 aliphatic heterocycles. The fraction of sp³-hybridized carbons (Fsp3) is 0.529. The van der Waals surface area contributed by atoms with Crippen molar-refractivity contribution in [2.75, 3.05) is 31.6 Å². The summed E-state index contributed by atoms with van der Waals surface area (Å²) in [5.74, 6) is -0.0169. The van der Waals surface area contributed by atoms with E-state index in [0.717, 1.165) is 12.0 Å². The van der Waals surface area contributed by atoms with Crippen LogP contribution >= 0.6 is 0 Å². The Balaban J connectivity index is 2.11. The van der Waals surface area contributed by atoms with E-state index in [9.17, 15) is 9.59 Å². The Morgan fingerprint density at radius 3 is 2.65 bits per heavy atom. The van der Waals surface area contributed by atoms with Crippen molar-refractivity contribution < 1.29 is 14.3 Å². The van der Waals surface area contributed by atoms with Gasteiger partial charge in [0.15, 0.2) is 0 Å². The van der Waals surface area contributed by atoms with Crippen molar-refractivity contribution in [2.45, 2.75) is 33.2 Å². The molecule has 1 aromatic rings. The second-order valence-electron chi connectivity index (χ2n) is 5.79. The number of carbonyl (C=O) groups is 2. The summed E-state index contributed by atoms with van der Waals surface area (Å²) in [5, 5.41) is 5.68. The highest BCUT2D eigenvalue weighted by atomic mass is 16.5. The Morgan fingerprint density at radius 2 is 2.00 bits per heavy atom. The third kappa shape index (κ3) is 4.45. The lowest BCUT2D eigenvalue weighted by Crippen LogP contribution is -2.41. The van der Waals surface area contributed by atoms with Crippen molar-refractivity contribution in [3.63, 3.8) is 0 Å². The van der Waals surface area contributed by atoms with E-state index in [4.69, 9.17) is 4.74 Å². The van der Waals surface area contributed by atoms with E-state index in [1.165, 1.54) is 0 Å². The number of hydrogen-bond donors (Lipinski definition) is 2. The van der Waals surface area contributed by atoms with Crippen LogP contribution in [-0.4, -0.2) is 49.2 Å². The van der Waals surface area contributed by atoms with Crippen LogP contribution in [0.3, 0.4) is 0 Å². The summed E-state index contributed by atoms with van der Waals surface area (Å²) in [5.41, 5.74) is 2.06. The Morgan fingerprint density at radius 1 is 1.30 bits per heavy atom. The van der Waals surface area contributed by atoms with E-state index in [0.29, 0.717) is 37.6 Å². The maximum absolute atomic E-state index is 12.6. The first-order valence-corrected chi connectivity index (χ1v) is 8.07. The Kier molecular flexibility index (Phi) is 5.98. The number of carbonyl (C=O) groups excluding carboxylic acids is 2. The molecule has 0 bridgehead atoms. The van der Waals surface area contributed by atoms with Crippen LogP contribution in [0.15, 0.2) is 18.2 Å². The van der Waals surface area contributed by atoms with E-state index >= 15 is 0 Å². The molecule has 3 amide bonds. The van der Waals surface area contributed by atoms with Crippen LogP contribution in [0.1, 0.15) is 36.2 Å². The Bertz CT molecular complexity index is 568. The van der Waals surface area contributed by atoms with Gasteiger partial charge in [-0.05, 0) is 38.0 Å². The van der Waals surface area contributed by atoms with Gasteiger partial charge in [-0.3, -0.25) is 4.79 Å². The molecule has 0 spiro atoms. The van der Waals surface area contributed by atoms with Gasteiger partial charge in [0.25, 0.3) is 5.91 Å². The molecule has 0 saturated carbocycles. The van der Waals surface area contributed by atoms with Gasteiger partial charge in [0.1, 0.15) is 0 Å². The third-order valence-electron chi connectivity index (χ3n) is 4.10. The molecule has 23 heavy (non-hydrogen) atoms. The number of hydrogen-bond acceptors (Lipinski definition) is 3. The van der Waals surface area contributed by atoms with Gasteiger partial charge in [-0.1, -0.05) is 13.0 Å². The molecule has 1 heterocycles. The number of benzene rings is 1. The lowest BCUT2D eigenvalue weighted by Gasteiger charge is -2.27. The van der Waals surface area contributed by atoms with Gasteiger partial charge in [0.05, 0.1) is 13.2 Å². The monoisotopic (exact) mass is 319 g/mol. The summed E-state index contributed by atoms with van der Waals surface area (Å²) in [4.78, 5) is 26.4. The number of anilines is 1. The molecule has 1 fully saturated rings. The number of nitrogens with one attached hydrogen (secondary N) is 2. The predicted molar refractivity (Wildman–Crippen MR) is 89.8 cm³/mol. The highest BCUT2D eigenvalue weighted by molar-refractivity contribution is 5.99. The third-order valence-corrected chi connectivity index (χ3v) is 4.10. The zero-order valence-electron chi connectivity index (χ0n) is 14.0. The fourth-order valence-corrected chi connectivity index (χ4v) is 2.42. The minimum absolute atomic E-state index is 0.0169. The summed E-state index contributed by atoms with van der Waals surface area (Å²) < 4.78 is 5.28. The van der Waals surface area contributed by atoms with Crippen molar-refractivity contribution in [3.8, 4) is 0 Å². The van der Waals surface area contributed by atoms with Gasteiger partial charge < -0.3 is 20.3 Å². The molecule has 1 atom stereocenters. The SMILES string of the molecule is CCC(C)NC(=O)Nc1cccc(C(=O)N2CCOCC2)c1C. The molecule has 2 N–H and O–H groups in total. The zero-order chi connectivity index (χ0) is 16.8. The smallest absolute Gasteiger partial charge is 0.319 e. The van der Waals surface area contributed by atoms with E-state index in [2.05, 4.69) is 10.6 Å². The van der Waals surface area contributed by atoms with Gasteiger partial charge in [0.2, 0.25) is 0 Å². The molecule has 0 aliphatic carbocycles. The van der Waals surface area contributed by atoms with Gasteiger partial charge in [-0.25, -0.2) is 4.79 Å². The molecule has 1 saturated heterocycles. The van der Waals surface area contributed by atoms with Crippen molar-refractivity contribution in [2.24, 2.45) is 0 Å².